The number of halogens is 1. The molecule has 0 aliphatic carbocycles. The van der Waals surface area contributed by atoms with E-state index in [9.17, 15) is 0 Å². The molecule has 2 unspecified atom stereocenters. The molecule has 0 spiro atoms. The number of hydrogen-bond acceptors (Lipinski definition) is 3. The lowest BCUT2D eigenvalue weighted by Crippen LogP contribution is -2.50. The topological polar surface area (TPSA) is 21.3 Å². The van der Waals surface area contributed by atoms with Crippen LogP contribution < -0.4 is 5.32 Å². The maximum absolute atomic E-state index is 5.85. The van der Waals surface area contributed by atoms with Crippen molar-refractivity contribution in [1.29, 1.82) is 0 Å². The van der Waals surface area contributed by atoms with Gasteiger partial charge in [-0.05, 0) is 17.9 Å². The molecule has 0 aromatic rings. The van der Waals surface area contributed by atoms with E-state index in [4.69, 9.17) is 4.74 Å². The van der Waals surface area contributed by atoms with Gasteiger partial charge in [0.1, 0.15) is 6.23 Å². The lowest BCUT2D eigenvalue weighted by molar-refractivity contribution is -0.0799. The zero-order valence-corrected chi connectivity index (χ0v) is 10.5. The third kappa shape index (κ3) is 3.02. The van der Waals surface area contributed by atoms with Crippen LogP contribution >= 0.6 is 24.2 Å². The molecule has 0 radical (unpaired) electrons. The van der Waals surface area contributed by atoms with E-state index in [2.05, 4.69) is 30.9 Å². The van der Waals surface area contributed by atoms with E-state index in [1.54, 1.807) is 0 Å². The second kappa shape index (κ2) is 5.06. The van der Waals surface area contributed by atoms with Crippen molar-refractivity contribution in [3.63, 3.8) is 0 Å². The first-order valence-electron chi connectivity index (χ1n) is 5.10. The summed E-state index contributed by atoms with van der Waals surface area (Å²) in [5.41, 5.74) is 0.322. The fourth-order valence-electron chi connectivity index (χ4n) is 1.90. The minimum absolute atomic E-state index is 0. The van der Waals surface area contributed by atoms with E-state index >= 15 is 0 Å². The van der Waals surface area contributed by atoms with E-state index in [0.717, 1.165) is 19.1 Å². The summed E-state index contributed by atoms with van der Waals surface area (Å²) < 4.78 is 5.85. The maximum atomic E-state index is 5.85. The van der Waals surface area contributed by atoms with Gasteiger partial charge in [0.05, 0.1) is 6.61 Å². The highest BCUT2D eigenvalue weighted by atomic mass is 35.5. The SMILES string of the molecule is CC1(C)CNC(C2CCSC2)OC1.Cl. The average Bonchev–Trinajstić information content (AvgIpc) is 2.56. The Hall–Kier alpha value is 0.560. The fraction of sp³-hybridized carbons (Fsp3) is 1.00. The van der Waals surface area contributed by atoms with Crippen molar-refractivity contribution in [2.75, 3.05) is 24.7 Å². The van der Waals surface area contributed by atoms with E-state index in [-0.39, 0.29) is 12.4 Å². The van der Waals surface area contributed by atoms with Crippen LogP contribution in [0.25, 0.3) is 0 Å². The normalized spacial score (nSPS) is 36.4. The minimum Gasteiger partial charge on any atom is -0.362 e. The predicted molar refractivity (Wildman–Crippen MR) is 64.2 cm³/mol. The second-order valence-electron chi connectivity index (χ2n) is 4.90. The summed E-state index contributed by atoms with van der Waals surface area (Å²) in [5.74, 6) is 3.34. The van der Waals surface area contributed by atoms with E-state index in [1.165, 1.54) is 17.9 Å². The molecule has 2 fully saturated rings. The van der Waals surface area contributed by atoms with Gasteiger partial charge >= 0.3 is 0 Å². The molecule has 2 rings (SSSR count). The lowest BCUT2D eigenvalue weighted by Gasteiger charge is -2.37. The Morgan fingerprint density at radius 3 is 2.71 bits per heavy atom. The molecule has 4 heteroatoms. The highest BCUT2D eigenvalue weighted by molar-refractivity contribution is 7.99. The number of rotatable bonds is 1. The Labute approximate surface area is 97.0 Å². The average molecular weight is 238 g/mol. The number of ether oxygens (including phenoxy) is 1. The molecule has 2 nitrogen and oxygen atoms in total. The summed E-state index contributed by atoms with van der Waals surface area (Å²) in [7, 11) is 0. The Bertz CT molecular complexity index is 173. The number of nitrogens with one attached hydrogen (secondary N) is 1. The molecule has 0 aromatic carbocycles. The van der Waals surface area contributed by atoms with Gasteiger partial charge < -0.3 is 4.74 Å². The van der Waals surface area contributed by atoms with Crippen molar-refractivity contribution < 1.29 is 4.74 Å². The van der Waals surface area contributed by atoms with Crippen molar-refractivity contribution >= 4 is 24.2 Å². The summed E-state index contributed by atoms with van der Waals surface area (Å²) in [6, 6.07) is 0. The summed E-state index contributed by atoms with van der Waals surface area (Å²) in [6.07, 6.45) is 1.66. The molecule has 0 amide bonds. The molecular formula is C10H20ClNOS. The Morgan fingerprint density at radius 1 is 1.43 bits per heavy atom. The third-order valence-corrected chi connectivity index (χ3v) is 4.02. The molecule has 2 saturated heterocycles. The van der Waals surface area contributed by atoms with Crippen molar-refractivity contribution in [2.45, 2.75) is 26.5 Å². The first kappa shape index (κ1) is 12.6. The van der Waals surface area contributed by atoms with Crippen LogP contribution in [-0.4, -0.2) is 30.9 Å². The van der Waals surface area contributed by atoms with Gasteiger partial charge in [0, 0.05) is 17.9 Å². The van der Waals surface area contributed by atoms with Crippen molar-refractivity contribution in [3.8, 4) is 0 Å². The Morgan fingerprint density at radius 2 is 2.21 bits per heavy atom. The number of hydrogen-bond donors (Lipinski definition) is 1. The van der Waals surface area contributed by atoms with Crippen LogP contribution in [0.1, 0.15) is 20.3 Å². The van der Waals surface area contributed by atoms with Gasteiger partial charge in [-0.15, -0.1) is 12.4 Å². The summed E-state index contributed by atoms with van der Waals surface area (Å²) in [6.45, 7) is 6.50. The molecule has 0 aromatic heterocycles. The van der Waals surface area contributed by atoms with E-state index in [1.807, 2.05) is 0 Å². The third-order valence-electron chi connectivity index (χ3n) is 2.83. The minimum atomic E-state index is 0. The monoisotopic (exact) mass is 237 g/mol. The van der Waals surface area contributed by atoms with Crippen molar-refractivity contribution in [1.82, 2.24) is 5.32 Å². The van der Waals surface area contributed by atoms with Crippen LogP contribution in [0.2, 0.25) is 0 Å². The van der Waals surface area contributed by atoms with Gasteiger partial charge in [-0.2, -0.15) is 11.8 Å². The highest BCUT2D eigenvalue weighted by Crippen LogP contribution is 2.30. The summed E-state index contributed by atoms with van der Waals surface area (Å²) in [4.78, 5) is 0. The molecule has 0 saturated carbocycles. The standard InChI is InChI=1S/C10H19NOS.ClH/c1-10(2)6-11-9(12-7-10)8-3-4-13-5-8;/h8-9,11H,3-7H2,1-2H3;1H. The zero-order chi connectivity index (χ0) is 9.31. The fourth-order valence-corrected chi connectivity index (χ4v) is 3.18. The Kier molecular flexibility index (Phi) is 4.56. The molecule has 14 heavy (non-hydrogen) atoms. The Balaban J connectivity index is 0.000000980. The van der Waals surface area contributed by atoms with Gasteiger partial charge in [-0.1, -0.05) is 13.8 Å². The highest BCUT2D eigenvalue weighted by Gasteiger charge is 2.33. The second-order valence-corrected chi connectivity index (χ2v) is 6.05. The first-order chi connectivity index (χ1) is 6.17. The molecule has 0 bridgehead atoms. The van der Waals surface area contributed by atoms with Crippen LogP contribution in [0.3, 0.4) is 0 Å². The van der Waals surface area contributed by atoms with Gasteiger partial charge in [-0.3, -0.25) is 5.32 Å². The molecule has 2 heterocycles. The van der Waals surface area contributed by atoms with Crippen molar-refractivity contribution in [2.24, 2.45) is 11.3 Å². The lowest BCUT2D eigenvalue weighted by atomic mass is 9.92. The van der Waals surface area contributed by atoms with Crippen molar-refractivity contribution in [3.05, 3.63) is 0 Å². The van der Waals surface area contributed by atoms with Crippen LogP contribution in [-0.2, 0) is 4.74 Å². The van der Waals surface area contributed by atoms with Gasteiger partial charge in [-0.25, -0.2) is 0 Å². The van der Waals surface area contributed by atoms with Gasteiger partial charge in [0.2, 0.25) is 0 Å². The predicted octanol–water partition coefficient (Wildman–Crippen LogP) is 2.13. The largest absolute Gasteiger partial charge is 0.362 e. The van der Waals surface area contributed by atoms with Crippen LogP contribution in [0, 0.1) is 11.3 Å². The first-order valence-corrected chi connectivity index (χ1v) is 6.26. The quantitative estimate of drug-likeness (QED) is 0.755. The zero-order valence-electron chi connectivity index (χ0n) is 8.91. The molecular weight excluding hydrogens is 218 g/mol. The summed E-state index contributed by atoms with van der Waals surface area (Å²) in [5, 5.41) is 3.52. The van der Waals surface area contributed by atoms with E-state index in [0.29, 0.717) is 11.6 Å². The van der Waals surface area contributed by atoms with Gasteiger partial charge in [0.25, 0.3) is 0 Å². The molecule has 1 N–H and O–H groups in total. The molecule has 2 atom stereocenters. The smallest absolute Gasteiger partial charge is 0.111 e. The molecule has 2 aliphatic heterocycles. The molecule has 2 aliphatic rings. The van der Waals surface area contributed by atoms with Crippen LogP contribution in [0.4, 0.5) is 0 Å². The summed E-state index contributed by atoms with van der Waals surface area (Å²) >= 11 is 2.06. The van der Waals surface area contributed by atoms with Crippen LogP contribution in [0.5, 0.6) is 0 Å². The maximum Gasteiger partial charge on any atom is 0.111 e. The van der Waals surface area contributed by atoms with E-state index < -0.39 is 0 Å². The van der Waals surface area contributed by atoms with Gasteiger partial charge in [0.15, 0.2) is 0 Å². The molecule has 84 valence electrons. The number of thioether (sulfide) groups is 1. The van der Waals surface area contributed by atoms with Crippen LogP contribution in [0.15, 0.2) is 0 Å².